The van der Waals surface area contributed by atoms with Gasteiger partial charge in [0, 0.05) is 44.2 Å². The highest BCUT2D eigenvalue weighted by Gasteiger charge is 2.28. The number of nitrogens with zero attached hydrogens (tertiary/aromatic N) is 2. The van der Waals surface area contributed by atoms with Crippen molar-refractivity contribution in [1.82, 2.24) is 9.80 Å². The summed E-state index contributed by atoms with van der Waals surface area (Å²) in [4.78, 5) is 29.5. The molecule has 1 fully saturated rings. The zero-order valence-corrected chi connectivity index (χ0v) is 15.5. The molecule has 4 nitrogen and oxygen atoms in total. The monoisotopic (exact) mass is 352 g/mol. The largest absolute Gasteiger partial charge is 0.338 e. The number of carbonyl (C=O) groups is 2. The number of amides is 1. The summed E-state index contributed by atoms with van der Waals surface area (Å²) in [6.45, 7) is 3.89. The Balaban J connectivity index is 1.43. The van der Waals surface area contributed by atoms with Crippen LogP contribution in [0.25, 0.3) is 0 Å². The van der Waals surface area contributed by atoms with Gasteiger partial charge in [-0.3, -0.25) is 14.5 Å². The minimum Gasteiger partial charge on any atom is -0.338 e. The second-order valence-corrected chi connectivity index (χ2v) is 7.87. The van der Waals surface area contributed by atoms with Gasteiger partial charge in [-0.05, 0) is 43.2 Å². The lowest BCUT2D eigenvalue weighted by Crippen LogP contribution is -2.49. The summed E-state index contributed by atoms with van der Waals surface area (Å²) >= 11 is 0. The number of piperidine rings is 1. The number of aryl methyl sites for hydroxylation is 1. The first-order chi connectivity index (χ1) is 12.7. The Morgan fingerprint density at radius 3 is 2.77 bits per heavy atom. The summed E-state index contributed by atoms with van der Waals surface area (Å²) in [6, 6.07) is 6.34. The number of benzene rings is 1. The molecule has 26 heavy (non-hydrogen) atoms. The third-order valence-electron chi connectivity index (χ3n) is 5.99. The average Bonchev–Trinajstić information content (AvgIpc) is 3.15. The number of fused-ring (bicyclic) bond motifs is 1. The van der Waals surface area contributed by atoms with Gasteiger partial charge in [0.1, 0.15) is 0 Å². The lowest BCUT2D eigenvalue weighted by molar-refractivity contribution is -0.134. The fraction of sp³-hybridized carbons (Fsp3) is 0.545. The number of hydrogen-bond donors (Lipinski definition) is 0. The van der Waals surface area contributed by atoms with Crippen molar-refractivity contribution in [2.75, 3.05) is 26.2 Å². The molecule has 0 saturated carbocycles. The van der Waals surface area contributed by atoms with Crippen molar-refractivity contribution in [2.45, 2.75) is 51.0 Å². The molecule has 1 amide bonds. The van der Waals surface area contributed by atoms with E-state index >= 15 is 0 Å². The van der Waals surface area contributed by atoms with E-state index < -0.39 is 0 Å². The van der Waals surface area contributed by atoms with Gasteiger partial charge in [0.2, 0.25) is 5.91 Å². The minimum atomic E-state index is 0.240. The second-order valence-electron chi connectivity index (χ2n) is 7.87. The molecule has 138 valence electrons. The second kappa shape index (κ2) is 7.75. The van der Waals surface area contributed by atoms with E-state index in [0.29, 0.717) is 18.9 Å². The van der Waals surface area contributed by atoms with E-state index in [9.17, 15) is 9.59 Å². The molecule has 1 unspecified atom stereocenters. The maximum absolute atomic E-state index is 13.0. The van der Waals surface area contributed by atoms with Crippen molar-refractivity contribution >= 4 is 11.7 Å². The SMILES string of the molecule is O=C1CCCc2cc(CC(=O)N3CCCCC3CN3CC=CC3)ccc21. The van der Waals surface area contributed by atoms with Gasteiger partial charge in [-0.15, -0.1) is 0 Å². The van der Waals surface area contributed by atoms with Crippen molar-refractivity contribution in [2.24, 2.45) is 0 Å². The van der Waals surface area contributed by atoms with Gasteiger partial charge in [0.05, 0.1) is 6.42 Å². The normalized spacial score (nSPS) is 23.3. The molecule has 2 heterocycles. The number of hydrogen-bond acceptors (Lipinski definition) is 3. The number of rotatable bonds is 4. The van der Waals surface area contributed by atoms with Crippen LogP contribution in [0.2, 0.25) is 0 Å². The zero-order valence-electron chi connectivity index (χ0n) is 15.5. The van der Waals surface area contributed by atoms with Gasteiger partial charge in [-0.1, -0.05) is 30.4 Å². The van der Waals surface area contributed by atoms with E-state index in [2.05, 4.69) is 28.0 Å². The minimum absolute atomic E-state index is 0.240. The smallest absolute Gasteiger partial charge is 0.227 e. The standard InChI is InChI=1S/C22H28N2O2/c25-21-8-5-6-18-14-17(9-10-20(18)21)15-22(26)24-13-2-1-7-19(24)16-23-11-3-4-12-23/h3-4,9-10,14,19H,1-2,5-8,11-13,15-16H2. The first kappa shape index (κ1) is 17.5. The highest BCUT2D eigenvalue weighted by Crippen LogP contribution is 2.24. The Kier molecular flexibility index (Phi) is 5.21. The zero-order chi connectivity index (χ0) is 17.9. The van der Waals surface area contributed by atoms with Crippen LogP contribution >= 0.6 is 0 Å². The molecular weight excluding hydrogens is 324 g/mol. The molecule has 1 saturated heterocycles. The molecule has 3 aliphatic rings. The van der Waals surface area contributed by atoms with Crippen LogP contribution in [-0.4, -0.2) is 53.7 Å². The molecule has 0 bridgehead atoms. The van der Waals surface area contributed by atoms with Crippen LogP contribution in [0.4, 0.5) is 0 Å². The van der Waals surface area contributed by atoms with Crippen LogP contribution in [-0.2, 0) is 17.6 Å². The fourth-order valence-electron chi connectivity index (χ4n) is 4.57. The maximum atomic E-state index is 13.0. The molecule has 0 aromatic heterocycles. The number of likely N-dealkylation sites (tertiary alicyclic amines) is 1. The van der Waals surface area contributed by atoms with Crippen LogP contribution in [0, 0.1) is 0 Å². The average molecular weight is 352 g/mol. The van der Waals surface area contributed by atoms with Crippen LogP contribution in [0.5, 0.6) is 0 Å². The number of ketones is 1. The molecular formula is C22H28N2O2. The Bertz CT molecular complexity index is 717. The fourth-order valence-corrected chi connectivity index (χ4v) is 4.57. The lowest BCUT2D eigenvalue weighted by Gasteiger charge is -2.38. The number of Topliss-reactive ketones (excluding diaryl/α,β-unsaturated/α-hetero) is 1. The van der Waals surface area contributed by atoms with E-state index in [1.165, 1.54) is 6.42 Å². The molecule has 0 N–H and O–H groups in total. The quantitative estimate of drug-likeness (QED) is 0.782. The van der Waals surface area contributed by atoms with Crippen LogP contribution in [0.3, 0.4) is 0 Å². The van der Waals surface area contributed by atoms with Crippen molar-refractivity contribution in [3.8, 4) is 0 Å². The first-order valence-electron chi connectivity index (χ1n) is 10.0. The van der Waals surface area contributed by atoms with Crippen LogP contribution < -0.4 is 0 Å². The number of carbonyl (C=O) groups excluding carboxylic acids is 2. The van der Waals surface area contributed by atoms with Crippen molar-refractivity contribution in [3.05, 3.63) is 47.0 Å². The topological polar surface area (TPSA) is 40.6 Å². The molecule has 1 aromatic carbocycles. The summed E-state index contributed by atoms with van der Waals surface area (Å²) < 4.78 is 0. The summed E-state index contributed by atoms with van der Waals surface area (Å²) in [5.41, 5.74) is 3.05. The molecule has 0 radical (unpaired) electrons. The summed E-state index contributed by atoms with van der Waals surface area (Å²) in [5, 5.41) is 0. The van der Waals surface area contributed by atoms with E-state index in [1.54, 1.807) is 0 Å². The molecule has 1 aliphatic carbocycles. The van der Waals surface area contributed by atoms with E-state index in [1.807, 2.05) is 12.1 Å². The molecule has 0 spiro atoms. The van der Waals surface area contributed by atoms with Crippen molar-refractivity contribution < 1.29 is 9.59 Å². The Morgan fingerprint density at radius 2 is 1.92 bits per heavy atom. The highest BCUT2D eigenvalue weighted by molar-refractivity contribution is 5.98. The Morgan fingerprint density at radius 1 is 1.08 bits per heavy atom. The summed E-state index contributed by atoms with van der Waals surface area (Å²) in [5.74, 6) is 0.489. The van der Waals surface area contributed by atoms with Gasteiger partial charge in [0.15, 0.2) is 5.78 Å². The van der Waals surface area contributed by atoms with Crippen LogP contribution in [0.15, 0.2) is 30.4 Å². The van der Waals surface area contributed by atoms with Crippen molar-refractivity contribution in [1.29, 1.82) is 0 Å². The summed E-state index contributed by atoms with van der Waals surface area (Å²) in [7, 11) is 0. The van der Waals surface area contributed by atoms with Crippen LogP contribution in [0.1, 0.15) is 53.6 Å². The third-order valence-corrected chi connectivity index (χ3v) is 5.99. The molecule has 1 atom stereocenters. The highest BCUT2D eigenvalue weighted by atomic mass is 16.2. The van der Waals surface area contributed by atoms with Gasteiger partial charge >= 0.3 is 0 Å². The summed E-state index contributed by atoms with van der Waals surface area (Å²) in [6.07, 6.45) is 10.9. The molecule has 4 rings (SSSR count). The van der Waals surface area contributed by atoms with Gasteiger partial charge in [-0.25, -0.2) is 0 Å². The third kappa shape index (κ3) is 3.75. The van der Waals surface area contributed by atoms with E-state index in [0.717, 1.165) is 68.6 Å². The van der Waals surface area contributed by atoms with E-state index in [-0.39, 0.29) is 11.7 Å². The van der Waals surface area contributed by atoms with E-state index in [4.69, 9.17) is 0 Å². The van der Waals surface area contributed by atoms with Gasteiger partial charge < -0.3 is 4.90 Å². The van der Waals surface area contributed by atoms with Gasteiger partial charge in [-0.2, -0.15) is 0 Å². The Hall–Kier alpha value is -1.94. The molecule has 2 aliphatic heterocycles. The predicted molar refractivity (Wildman–Crippen MR) is 102 cm³/mol. The Labute approximate surface area is 155 Å². The van der Waals surface area contributed by atoms with Crippen molar-refractivity contribution in [3.63, 3.8) is 0 Å². The first-order valence-corrected chi connectivity index (χ1v) is 10.0. The predicted octanol–water partition coefficient (Wildman–Crippen LogP) is 3.00. The lowest BCUT2D eigenvalue weighted by atomic mass is 9.89. The van der Waals surface area contributed by atoms with Gasteiger partial charge in [0.25, 0.3) is 0 Å². The maximum Gasteiger partial charge on any atom is 0.227 e. The molecule has 4 heteroatoms. The molecule has 1 aromatic rings.